The molecule has 1 spiro atoms. The van der Waals surface area contributed by atoms with Crippen molar-refractivity contribution in [1.29, 1.82) is 0 Å². The van der Waals surface area contributed by atoms with Gasteiger partial charge in [-0.25, -0.2) is 0 Å². The second kappa shape index (κ2) is 4.62. The van der Waals surface area contributed by atoms with E-state index in [4.69, 9.17) is 9.47 Å². The Hall–Kier alpha value is -0.380. The van der Waals surface area contributed by atoms with E-state index in [0.29, 0.717) is 13.2 Å². The first-order valence-electron chi connectivity index (χ1n) is 7.05. The highest BCUT2D eigenvalue weighted by atomic mass is 16.7. The molecule has 0 aromatic carbocycles. The molecule has 3 heteroatoms. The highest BCUT2D eigenvalue weighted by Crippen LogP contribution is 2.52. The van der Waals surface area contributed by atoms with Crippen molar-refractivity contribution in [2.75, 3.05) is 13.2 Å². The van der Waals surface area contributed by atoms with Gasteiger partial charge in [-0.15, -0.1) is 0 Å². The molecule has 2 aliphatic rings. The van der Waals surface area contributed by atoms with Crippen molar-refractivity contribution >= 4 is 0 Å². The lowest BCUT2D eigenvalue weighted by Crippen LogP contribution is -2.54. The summed E-state index contributed by atoms with van der Waals surface area (Å²) >= 11 is 0. The molecule has 1 aliphatic carbocycles. The second-order valence-electron chi connectivity index (χ2n) is 6.36. The summed E-state index contributed by atoms with van der Waals surface area (Å²) in [6, 6.07) is 0. The van der Waals surface area contributed by atoms with Crippen molar-refractivity contribution in [3.05, 3.63) is 11.6 Å². The second-order valence-corrected chi connectivity index (χ2v) is 6.36. The summed E-state index contributed by atoms with van der Waals surface area (Å²) in [5, 5.41) is 11.1. The molecule has 104 valence electrons. The largest absolute Gasteiger partial charge is 0.385 e. The number of aliphatic hydroxyl groups is 1. The van der Waals surface area contributed by atoms with Crippen LogP contribution in [0.2, 0.25) is 0 Å². The van der Waals surface area contributed by atoms with E-state index < -0.39 is 11.4 Å². The molecule has 18 heavy (non-hydrogen) atoms. The average molecular weight is 254 g/mol. The van der Waals surface area contributed by atoms with Gasteiger partial charge in [-0.3, -0.25) is 0 Å². The van der Waals surface area contributed by atoms with Gasteiger partial charge in [0, 0.05) is 11.8 Å². The monoisotopic (exact) mass is 254 g/mol. The molecular weight excluding hydrogens is 228 g/mol. The van der Waals surface area contributed by atoms with Gasteiger partial charge in [0.15, 0.2) is 5.79 Å². The Kier molecular flexibility index (Phi) is 3.60. The van der Waals surface area contributed by atoms with Gasteiger partial charge in [-0.1, -0.05) is 33.6 Å². The molecule has 0 aromatic heterocycles. The number of ether oxygens (including phenoxy) is 2. The van der Waals surface area contributed by atoms with Gasteiger partial charge in [0.25, 0.3) is 0 Å². The third-order valence-electron chi connectivity index (χ3n) is 4.56. The summed E-state index contributed by atoms with van der Waals surface area (Å²) in [7, 11) is 0. The summed E-state index contributed by atoms with van der Waals surface area (Å²) < 4.78 is 11.6. The first kappa shape index (κ1) is 14.0. The molecule has 1 N–H and O–H groups in total. The van der Waals surface area contributed by atoms with Crippen LogP contribution in [0.15, 0.2) is 11.6 Å². The zero-order valence-electron chi connectivity index (χ0n) is 12.1. The van der Waals surface area contributed by atoms with Crippen LogP contribution in [-0.2, 0) is 9.47 Å². The number of hydrogen-bond acceptors (Lipinski definition) is 3. The van der Waals surface area contributed by atoms with E-state index in [-0.39, 0.29) is 5.41 Å². The Bertz CT molecular complexity index is 340. The number of hydrogen-bond donors (Lipinski definition) is 1. The predicted molar refractivity (Wildman–Crippen MR) is 71.3 cm³/mol. The fourth-order valence-electron chi connectivity index (χ4n) is 3.42. The molecule has 0 amide bonds. The van der Waals surface area contributed by atoms with Crippen molar-refractivity contribution in [3.63, 3.8) is 0 Å². The van der Waals surface area contributed by atoms with E-state index in [9.17, 15) is 5.11 Å². The van der Waals surface area contributed by atoms with Crippen LogP contribution in [0.3, 0.4) is 0 Å². The first-order chi connectivity index (χ1) is 8.35. The van der Waals surface area contributed by atoms with Crippen molar-refractivity contribution in [2.24, 2.45) is 5.41 Å². The Morgan fingerprint density at radius 2 is 1.89 bits per heavy atom. The van der Waals surface area contributed by atoms with Crippen LogP contribution in [0, 0.1) is 5.41 Å². The first-order valence-corrected chi connectivity index (χ1v) is 7.05. The highest BCUT2D eigenvalue weighted by molar-refractivity contribution is 5.27. The molecule has 2 rings (SSSR count). The topological polar surface area (TPSA) is 38.7 Å². The summed E-state index contributed by atoms with van der Waals surface area (Å²) in [4.78, 5) is 0. The van der Waals surface area contributed by atoms with E-state index in [1.807, 2.05) is 13.0 Å². The third-order valence-corrected chi connectivity index (χ3v) is 4.56. The Morgan fingerprint density at radius 1 is 1.28 bits per heavy atom. The van der Waals surface area contributed by atoms with Crippen molar-refractivity contribution in [2.45, 2.75) is 64.8 Å². The lowest BCUT2D eigenvalue weighted by molar-refractivity contribution is -0.181. The zero-order chi connectivity index (χ0) is 13.4. The van der Waals surface area contributed by atoms with Crippen molar-refractivity contribution < 1.29 is 14.6 Å². The summed E-state index contributed by atoms with van der Waals surface area (Å²) in [5.41, 5.74) is 0.0312. The average Bonchev–Trinajstić information content (AvgIpc) is 2.71. The lowest BCUT2D eigenvalue weighted by Gasteiger charge is -2.51. The van der Waals surface area contributed by atoms with E-state index >= 15 is 0 Å². The minimum atomic E-state index is -0.733. The lowest BCUT2D eigenvalue weighted by atomic mass is 9.61. The fraction of sp³-hybridized carbons (Fsp3) is 0.867. The van der Waals surface area contributed by atoms with Crippen LogP contribution in [0.5, 0.6) is 0 Å². The number of unbranched alkanes of at least 4 members (excludes halogenated alkanes) is 1. The number of rotatable bonds is 3. The van der Waals surface area contributed by atoms with Crippen LogP contribution in [-0.4, -0.2) is 29.7 Å². The molecule has 1 atom stereocenters. The highest BCUT2D eigenvalue weighted by Gasteiger charge is 2.54. The van der Waals surface area contributed by atoms with Crippen LogP contribution in [0.1, 0.15) is 53.4 Å². The van der Waals surface area contributed by atoms with Gasteiger partial charge in [-0.2, -0.15) is 0 Å². The van der Waals surface area contributed by atoms with Gasteiger partial charge in [0.05, 0.1) is 18.8 Å². The molecule has 3 nitrogen and oxygen atoms in total. The van der Waals surface area contributed by atoms with Gasteiger partial charge < -0.3 is 14.6 Å². The Morgan fingerprint density at radius 3 is 2.39 bits per heavy atom. The molecule has 1 aliphatic heterocycles. The van der Waals surface area contributed by atoms with Crippen molar-refractivity contribution in [1.82, 2.24) is 0 Å². The molecular formula is C15H26O3. The normalized spacial score (nSPS) is 33.7. The van der Waals surface area contributed by atoms with Crippen LogP contribution >= 0.6 is 0 Å². The maximum atomic E-state index is 11.1. The summed E-state index contributed by atoms with van der Waals surface area (Å²) in [6.07, 6.45) is 5.68. The SMILES string of the molecule is CCCCC1(O)C(C)=CC2(CC1(C)C)OCCO2. The van der Waals surface area contributed by atoms with Gasteiger partial charge in [-0.05, 0) is 25.0 Å². The molecule has 0 bridgehead atoms. The fourth-order valence-corrected chi connectivity index (χ4v) is 3.42. The Labute approximate surface area is 110 Å². The molecule has 0 radical (unpaired) electrons. The maximum Gasteiger partial charge on any atom is 0.188 e. The zero-order valence-corrected chi connectivity index (χ0v) is 12.1. The van der Waals surface area contributed by atoms with Crippen LogP contribution in [0.25, 0.3) is 0 Å². The van der Waals surface area contributed by atoms with Crippen LogP contribution in [0.4, 0.5) is 0 Å². The molecule has 1 heterocycles. The summed E-state index contributed by atoms with van der Waals surface area (Å²) in [6.45, 7) is 9.69. The molecule has 1 fully saturated rings. The van der Waals surface area contributed by atoms with E-state index in [2.05, 4.69) is 20.8 Å². The smallest absolute Gasteiger partial charge is 0.188 e. The van der Waals surface area contributed by atoms with Gasteiger partial charge in [0.2, 0.25) is 0 Å². The molecule has 0 aromatic rings. The molecule has 1 saturated heterocycles. The third kappa shape index (κ3) is 2.13. The minimum absolute atomic E-state index is 0.231. The van der Waals surface area contributed by atoms with Crippen molar-refractivity contribution in [3.8, 4) is 0 Å². The standard InChI is InChI=1S/C15H26O3/c1-5-6-7-15(16)12(2)10-14(11-13(15,3)4)17-8-9-18-14/h10,16H,5-9,11H2,1-4H3. The quantitative estimate of drug-likeness (QED) is 0.787. The minimum Gasteiger partial charge on any atom is -0.385 e. The van der Waals surface area contributed by atoms with Gasteiger partial charge >= 0.3 is 0 Å². The maximum absolute atomic E-state index is 11.1. The predicted octanol–water partition coefficient (Wildman–Crippen LogP) is 3.03. The van der Waals surface area contributed by atoms with E-state index in [0.717, 1.165) is 31.3 Å². The van der Waals surface area contributed by atoms with Gasteiger partial charge in [0.1, 0.15) is 0 Å². The Balaban J connectivity index is 2.31. The summed E-state index contributed by atoms with van der Waals surface area (Å²) in [5.74, 6) is -0.591. The molecule has 1 unspecified atom stereocenters. The van der Waals surface area contributed by atoms with E-state index in [1.54, 1.807) is 0 Å². The van der Waals surface area contributed by atoms with Crippen LogP contribution < -0.4 is 0 Å². The van der Waals surface area contributed by atoms with E-state index in [1.165, 1.54) is 0 Å². The molecule has 0 saturated carbocycles.